The van der Waals surface area contributed by atoms with Gasteiger partial charge in [-0.15, -0.1) is 0 Å². The predicted octanol–water partition coefficient (Wildman–Crippen LogP) is -4.50. The third kappa shape index (κ3) is 19.4. The Hall–Kier alpha value is -6.44. The summed E-state index contributed by atoms with van der Waals surface area (Å²) in [6, 6.07) is -5.78. The SMILES string of the molecule is CC[C@H](C)[C@@H]1NC(=O)[C@@H](CCCN=C(N)N)NC(=O)[C@H](CC(C)C)NC(=O)[C@H]([C@H](O)C(C)C)NC(=O)[C@@H](N)[C@@H](c2ccccc2)NC(=O)C(CO)NC(=O)[C@H](CO)NC(=O)CNC(=O)[C@H](C(C)C)NC1=O. The van der Waals surface area contributed by atoms with Crippen molar-refractivity contribution >= 4 is 59.1 Å². The quantitative estimate of drug-likeness (QED) is 0.0475. The van der Waals surface area contributed by atoms with Gasteiger partial charge in [-0.05, 0) is 48.5 Å². The maximum atomic E-state index is 14.3. The van der Waals surface area contributed by atoms with Crippen molar-refractivity contribution in [3.05, 3.63) is 35.9 Å². The van der Waals surface area contributed by atoms with E-state index in [1.165, 1.54) is 12.1 Å². The van der Waals surface area contributed by atoms with Gasteiger partial charge in [-0.1, -0.05) is 92.1 Å². The molecule has 0 spiro atoms. The lowest BCUT2D eigenvalue weighted by Gasteiger charge is -2.32. The van der Waals surface area contributed by atoms with Crippen molar-refractivity contribution in [1.82, 2.24) is 47.9 Å². The molecule has 0 bridgehead atoms. The van der Waals surface area contributed by atoms with Crippen LogP contribution in [-0.2, 0) is 43.2 Å². The maximum Gasteiger partial charge on any atom is 0.245 e. The number of aliphatic imine (C=N–C) groups is 1. The molecule has 0 radical (unpaired) electrons. The molecule has 1 heterocycles. The van der Waals surface area contributed by atoms with Crippen LogP contribution in [0.5, 0.6) is 0 Å². The Bertz CT molecular complexity index is 2000. The number of hydrogen-bond donors (Lipinski definition) is 15. The van der Waals surface area contributed by atoms with E-state index in [2.05, 4.69) is 52.8 Å². The van der Waals surface area contributed by atoms with Crippen molar-refractivity contribution in [2.24, 2.45) is 45.9 Å². The van der Waals surface area contributed by atoms with Gasteiger partial charge in [0.05, 0.1) is 31.9 Å². The molecule has 1 saturated heterocycles. The first-order valence-electron chi connectivity index (χ1n) is 23.8. The van der Waals surface area contributed by atoms with Gasteiger partial charge in [0.15, 0.2) is 5.96 Å². The standard InChI is InChI=1S/C46H77N13O12/c1-9-25(8)34-44(70)56-33(23(4)5)43(69)51-19-31(62)52-29(20-60)40(66)55-30(21-61)41(67)58-35(26-14-11-10-12-15-26)32(47)42(68)59-36(37(63)24(6)7)45(71)54-28(18-22(2)3)39(65)53-27(38(64)57-34)16-13-17-50-46(48)49/h10-12,14-15,22-25,27-30,32-37,60-61,63H,9,13,16-21,47H2,1-8H3,(H,51,69)(H,52,62)(H,53,65)(H,54,71)(H,55,66)(H,56,70)(H,57,64)(H,58,67)(H,59,68)(H4,48,49,50)/t25-,27+,28-,29-,30?,32-,33-,34-,35+,36-,37+/m0/s1. The van der Waals surface area contributed by atoms with Crippen LogP contribution in [0.15, 0.2) is 35.3 Å². The van der Waals surface area contributed by atoms with Gasteiger partial charge in [0.25, 0.3) is 0 Å². The Balaban J connectivity index is 2.79. The summed E-state index contributed by atoms with van der Waals surface area (Å²) in [6.07, 6.45) is -1.12. The lowest BCUT2D eigenvalue weighted by Crippen LogP contribution is -2.63. The van der Waals surface area contributed by atoms with Crippen LogP contribution in [-0.4, -0.2) is 155 Å². The Morgan fingerprint density at radius 3 is 1.69 bits per heavy atom. The average Bonchev–Trinajstić information content (AvgIpc) is 3.32. The number of benzene rings is 1. The van der Waals surface area contributed by atoms with E-state index < -0.39 is 151 Å². The van der Waals surface area contributed by atoms with Crippen molar-refractivity contribution < 1.29 is 58.5 Å². The number of nitrogens with one attached hydrogen (secondary N) is 9. The fourth-order valence-corrected chi connectivity index (χ4v) is 7.31. The minimum atomic E-state index is -1.75. The lowest BCUT2D eigenvalue weighted by atomic mass is 9.95. The molecular formula is C46H77N13O12. The van der Waals surface area contributed by atoms with Gasteiger partial charge in [-0.25, -0.2) is 0 Å². The zero-order valence-corrected chi connectivity index (χ0v) is 41.8. The maximum absolute atomic E-state index is 14.3. The molecule has 1 aliphatic heterocycles. The molecule has 25 nitrogen and oxygen atoms in total. The number of aliphatic hydroxyl groups is 3. The Morgan fingerprint density at radius 2 is 1.14 bits per heavy atom. The zero-order valence-electron chi connectivity index (χ0n) is 41.8. The highest BCUT2D eigenvalue weighted by Crippen LogP contribution is 2.19. The summed E-state index contributed by atoms with van der Waals surface area (Å²) in [5, 5.41) is 54.2. The average molecular weight is 1000 g/mol. The molecule has 0 saturated carbocycles. The van der Waals surface area contributed by atoms with Crippen LogP contribution in [0.4, 0.5) is 0 Å². The van der Waals surface area contributed by atoms with E-state index in [0.717, 1.165) is 0 Å². The molecule has 1 fully saturated rings. The van der Waals surface area contributed by atoms with E-state index in [-0.39, 0.29) is 43.2 Å². The number of hydrogen-bond acceptors (Lipinski definition) is 14. The normalized spacial score (nSPS) is 26.5. The van der Waals surface area contributed by atoms with Gasteiger partial charge in [0.2, 0.25) is 53.2 Å². The van der Waals surface area contributed by atoms with E-state index in [1.807, 2.05) is 0 Å². The van der Waals surface area contributed by atoms with Crippen LogP contribution in [0, 0.1) is 23.7 Å². The second kappa shape index (κ2) is 29.7. The van der Waals surface area contributed by atoms with Crippen LogP contribution in [0.1, 0.15) is 92.7 Å². The van der Waals surface area contributed by atoms with Crippen LogP contribution in [0.25, 0.3) is 0 Å². The molecule has 25 heteroatoms. The molecule has 0 aromatic heterocycles. The minimum absolute atomic E-state index is 0.000191. The topological polar surface area (TPSA) is 413 Å². The molecular weight excluding hydrogens is 927 g/mol. The van der Waals surface area contributed by atoms with Crippen molar-refractivity contribution in [2.45, 2.75) is 142 Å². The smallest absolute Gasteiger partial charge is 0.245 e. The highest BCUT2D eigenvalue weighted by Gasteiger charge is 2.39. The van der Waals surface area contributed by atoms with Crippen LogP contribution in [0.2, 0.25) is 0 Å². The first-order valence-corrected chi connectivity index (χ1v) is 23.8. The molecule has 11 atom stereocenters. The summed E-state index contributed by atoms with van der Waals surface area (Å²) in [5.74, 6) is -10.7. The molecule has 9 amide bonds. The summed E-state index contributed by atoms with van der Waals surface area (Å²) < 4.78 is 0. The third-order valence-corrected chi connectivity index (χ3v) is 11.8. The summed E-state index contributed by atoms with van der Waals surface area (Å²) >= 11 is 0. The van der Waals surface area contributed by atoms with Crippen LogP contribution >= 0.6 is 0 Å². The monoisotopic (exact) mass is 1000 g/mol. The Morgan fingerprint density at radius 1 is 0.634 bits per heavy atom. The van der Waals surface area contributed by atoms with Gasteiger partial charge in [0, 0.05) is 6.54 Å². The van der Waals surface area contributed by atoms with Crippen LogP contribution in [0.3, 0.4) is 0 Å². The van der Waals surface area contributed by atoms with Crippen molar-refractivity contribution in [3.8, 4) is 0 Å². The van der Waals surface area contributed by atoms with E-state index in [4.69, 9.17) is 17.2 Å². The molecule has 398 valence electrons. The highest BCUT2D eigenvalue weighted by atomic mass is 16.3. The molecule has 71 heavy (non-hydrogen) atoms. The molecule has 1 unspecified atom stereocenters. The first kappa shape index (κ1) is 60.7. The molecule has 0 aliphatic carbocycles. The van der Waals surface area contributed by atoms with Crippen molar-refractivity contribution in [1.29, 1.82) is 0 Å². The Labute approximate surface area is 414 Å². The number of aliphatic hydroxyl groups excluding tert-OH is 3. The molecule has 1 aliphatic rings. The summed E-state index contributed by atoms with van der Waals surface area (Å²) in [4.78, 5) is 129. The number of nitrogens with two attached hydrogens (primary N) is 3. The Kier molecular flexibility index (Phi) is 25.4. The summed E-state index contributed by atoms with van der Waals surface area (Å²) in [7, 11) is 0. The van der Waals surface area contributed by atoms with E-state index in [1.54, 1.807) is 73.6 Å². The van der Waals surface area contributed by atoms with Gasteiger partial charge in [-0.3, -0.25) is 48.1 Å². The lowest BCUT2D eigenvalue weighted by molar-refractivity contribution is -0.138. The largest absolute Gasteiger partial charge is 0.394 e. The fraction of sp³-hybridized carbons (Fsp3) is 0.652. The van der Waals surface area contributed by atoms with Gasteiger partial charge in [-0.2, -0.15) is 0 Å². The third-order valence-electron chi connectivity index (χ3n) is 11.8. The van der Waals surface area contributed by atoms with Crippen molar-refractivity contribution in [2.75, 3.05) is 26.3 Å². The molecule has 1 aromatic carbocycles. The minimum Gasteiger partial charge on any atom is -0.394 e. The first-order chi connectivity index (χ1) is 33.4. The number of amides is 9. The number of nitrogens with zero attached hydrogens (tertiary/aromatic N) is 1. The van der Waals surface area contributed by atoms with E-state index in [9.17, 15) is 58.5 Å². The van der Waals surface area contributed by atoms with Gasteiger partial charge < -0.3 is 80.4 Å². The highest BCUT2D eigenvalue weighted by molar-refractivity contribution is 5.98. The van der Waals surface area contributed by atoms with Gasteiger partial charge >= 0.3 is 0 Å². The summed E-state index contributed by atoms with van der Waals surface area (Å²) in [6.45, 7) is 10.7. The van der Waals surface area contributed by atoms with Gasteiger partial charge in [0.1, 0.15) is 48.3 Å². The molecule has 2 rings (SSSR count). The second-order valence-corrected chi connectivity index (χ2v) is 18.7. The van der Waals surface area contributed by atoms with Crippen molar-refractivity contribution in [3.63, 3.8) is 0 Å². The fourth-order valence-electron chi connectivity index (χ4n) is 7.31. The number of guanidine groups is 1. The number of carbonyl (C=O) groups excluding carboxylic acids is 9. The zero-order chi connectivity index (χ0) is 53.7. The van der Waals surface area contributed by atoms with Crippen LogP contribution < -0.4 is 65.1 Å². The molecule has 18 N–H and O–H groups in total. The number of rotatable bonds is 14. The second-order valence-electron chi connectivity index (χ2n) is 18.7. The summed E-state index contributed by atoms with van der Waals surface area (Å²) in [5.41, 5.74) is 17.8. The molecule has 1 aromatic rings. The predicted molar refractivity (Wildman–Crippen MR) is 261 cm³/mol. The number of carbonyl (C=O) groups is 9. The van der Waals surface area contributed by atoms with E-state index >= 15 is 0 Å². The van der Waals surface area contributed by atoms with E-state index in [0.29, 0.717) is 6.42 Å².